The summed E-state index contributed by atoms with van der Waals surface area (Å²) in [6, 6.07) is 5.92. The van der Waals surface area contributed by atoms with Gasteiger partial charge in [-0.25, -0.2) is 4.39 Å². The molecule has 90 valence electrons. The van der Waals surface area contributed by atoms with E-state index in [1.807, 2.05) is 0 Å². The molecule has 1 aromatic rings. The molecule has 0 aliphatic carbocycles. The fourth-order valence-electron chi connectivity index (χ4n) is 1.79. The zero-order chi connectivity index (χ0) is 12.3. The van der Waals surface area contributed by atoms with Gasteiger partial charge in [-0.1, -0.05) is 12.1 Å². The van der Waals surface area contributed by atoms with Crippen LogP contribution in [0.3, 0.4) is 0 Å². The molecule has 1 atom stereocenters. The third-order valence-electron chi connectivity index (χ3n) is 2.76. The maximum Gasteiger partial charge on any atom is 0.246 e. The van der Waals surface area contributed by atoms with Crippen LogP contribution >= 0.6 is 0 Å². The van der Waals surface area contributed by atoms with Gasteiger partial charge in [-0.2, -0.15) is 0 Å². The lowest BCUT2D eigenvalue weighted by Gasteiger charge is -2.12. The number of aliphatic hydroxyl groups is 1. The summed E-state index contributed by atoms with van der Waals surface area (Å²) >= 11 is 0. The van der Waals surface area contributed by atoms with Crippen LogP contribution in [-0.4, -0.2) is 35.1 Å². The fourth-order valence-corrected chi connectivity index (χ4v) is 1.79. The number of nitrogens with zero attached hydrogens (tertiary/aromatic N) is 1. The van der Waals surface area contributed by atoms with Crippen LogP contribution in [0.1, 0.15) is 12.0 Å². The van der Waals surface area contributed by atoms with Gasteiger partial charge in [-0.15, -0.1) is 0 Å². The average Bonchev–Trinajstić information content (AvgIpc) is 2.75. The molecule has 0 radical (unpaired) electrons. The van der Waals surface area contributed by atoms with Crippen molar-refractivity contribution in [3.05, 3.63) is 41.7 Å². The zero-order valence-corrected chi connectivity index (χ0v) is 9.34. The van der Waals surface area contributed by atoms with Crippen molar-refractivity contribution in [3.8, 4) is 0 Å². The zero-order valence-electron chi connectivity index (χ0n) is 9.34. The van der Waals surface area contributed by atoms with Gasteiger partial charge in [0, 0.05) is 19.2 Å². The van der Waals surface area contributed by atoms with Crippen molar-refractivity contribution in [2.75, 3.05) is 13.1 Å². The van der Waals surface area contributed by atoms with E-state index in [2.05, 4.69) is 0 Å². The quantitative estimate of drug-likeness (QED) is 0.788. The normalized spacial score (nSPS) is 20.1. The largest absolute Gasteiger partial charge is 0.391 e. The Morgan fingerprint density at radius 1 is 1.41 bits per heavy atom. The highest BCUT2D eigenvalue weighted by Gasteiger charge is 2.22. The second-order valence-electron chi connectivity index (χ2n) is 4.11. The number of amides is 1. The predicted octanol–water partition coefficient (Wildman–Crippen LogP) is 1.43. The summed E-state index contributed by atoms with van der Waals surface area (Å²) in [5.41, 5.74) is 0.777. The molecule has 0 bridgehead atoms. The molecule has 4 heteroatoms. The van der Waals surface area contributed by atoms with Crippen molar-refractivity contribution in [1.82, 2.24) is 4.90 Å². The SMILES string of the molecule is O=C(C=Cc1ccc(F)cc1)N1CC[C@H](O)C1. The van der Waals surface area contributed by atoms with Crippen LogP contribution in [0, 0.1) is 5.82 Å². The van der Waals surface area contributed by atoms with Gasteiger partial charge in [0.2, 0.25) is 5.91 Å². The molecule has 1 heterocycles. The van der Waals surface area contributed by atoms with Gasteiger partial charge < -0.3 is 10.0 Å². The maximum atomic E-state index is 12.6. The summed E-state index contributed by atoms with van der Waals surface area (Å²) in [4.78, 5) is 13.3. The number of likely N-dealkylation sites (tertiary alicyclic amines) is 1. The molecule has 17 heavy (non-hydrogen) atoms. The summed E-state index contributed by atoms with van der Waals surface area (Å²) < 4.78 is 12.6. The number of benzene rings is 1. The number of carbonyl (C=O) groups excluding carboxylic acids is 1. The molecule has 1 aliphatic heterocycles. The minimum absolute atomic E-state index is 0.120. The minimum Gasteiger partial charge on any atom is -0.391 e. The fraction of sp³-hybridized carbons (Fsp3) is 0.308. The second kappa shape index (κ2) is 5.10. The molecule has 3 nitrogen and oxygen atoms in total. The van der Waals surface area contributed by atoms with Crippen LogP contribution < -0.4 is 0 Å². The Labute approximate surface area is 99.2 Å². The Morgan fingerprint density at radius 3 is 2.71 bits per heavy atom. The molecule has 1 fully saturated rings. The third-order valence-corrected chi connectivity index (χ3v) is 2.76. The van der Waals surface area contributed by atoms with Crippen LogP contribution in [0.25, 0.3) is 6.08 Å². The molecular formula is C13H14FNO2. The number of hydrogen-bond acceptors (Lipinski definition) is 2. The van der Waals surface area contributed by atoms with E-state index >= 15 is 0 Å². The molecule has 0 saturated carbocycles. The lowest BCUT2D eigenvalue weighted by Crippen LogP contribution is -2.27. The van der Waals surface area contributed by atoms with E-state index in [-0.39, 0.29) is 11.7 Å². The lowest BCUT2D eigenvalue weighted by atomic mass is 10.2. The first-order chi connectivity index (χ1) is 8.15. The first kappa shape index (κ1) is 11.8. The van der Waals surface area contributed by atoms with Crippen LogP contribution in [0.15, 0.2) is 30.3 Å². The number of rotatable bonds is 2. The summed E-state index contributed by atoms with van der Waals surface area (Å²) in [7, 11) is 0. The van der Waals surface area contributed by atoms with Crippen molar-refractivity contribution in [2.45, 2.75) is 12.5 Å². The van der Waals surface area contributed by atoms with E-state index < -0.39 is 6.10 Å². The predicted molar refractivity (Wildman–Crippen MR) is 62.6 cm³/mol. The highest BCUT2D eigenvalue weighted by Crippen LogP contribution is 2.10. The Bertz CT molecular complexity index is 428. The first-order valence-corrected chi connectivity index (χ1v) is 5.56. The molecule has 1 saturated heterocycles. The summed E-state index contributed by atoms with van der Waals surface area (Å²) in [6.07, 6.45) is 3.33. The Balaban J connectivity index is 1.96. The standard InChI is InChI=1S/C13H14FNO2/c14-11-4-1-10(2-5-11)3-6-13(17)15-8-7-12(16)9-15/h1-6,12,16H,7-9H2/t12-/m0/s1. The molecule has 2 rings (SSSR count). The average molecular weight is 235 g/mol. The summed E-state index contributed by atoms with van der Waals surface area (Å²) in [5.74, 6) is -0.415. The summed E-state index contributed by atoms with van der Waals surface area (Å²) in [6.45, 7) is 0.986. The van der Waals surface area contributed by atoms with Gasteiger partial charge in [-0.05, 0) is 30.2 Å². The number of halogens is 1. The number of β-amino-alcohol motifs (C(OH)–C–C–N with tert-alkyl or cyclic N) is 1. The molecule has 0 unspecified atom stereocenters. The molecule has 1 aromatic carbocycles. The Morgan fingerprint density at radius 2 is 2.12 bits per heavy atom. The topological polar surface area (TPSA) is 40.5 Å². The van der Waals surface area contributed by atoms with Gasteiger partial charge in [-0.3, -0.25) is 4.79 Å². The molecular weight excluding hydrogens is 221 g/mol. The minimum atomic E-state index is -0.404. The molecule has 1 N–H and O–H groups in total. The van der Waals surface area contributed by atoms with Gasteiger partial charge in [0.25, 0.3) is 0 Å². The van der Waals surface area contributed by atoms with Crippen molar-refractivity contribution < 1.29 is 14.3 Å². The van der Waals surface area contributed by atoms with Crippen molar-refractivity contribution >= 4 is 12.0 Å². The Kier molecular flexibility index (Phi) is 3.54. The monoisotopic (exact) mass is 235 g/mol. The number of carbonyl (C=O) groups is 1. The third kappa shape index (κ3) is 3.14. The van der Waals surface area contributed by atoms with Gasteiger partial charge in [0.15, 0.2) is 0 Å². The van der Waals surface area contributed by atoms with Crippen LogP contribution in [0.5, 0.6) is 0 Å². The number of aliphatic hydroxyl groups excluding tert-OH is 1. The maximum absolute atomic E-state index is 12.6. The van der Waals surface area contributed by atoms with E-state index in [1.54, 1.807) is 23.1 Å². The van der Waals surface area contributed by atoms with Crippen molar-refractivity contribution in [3.63, 3.8) is 0 Å². The van der Waals surface area contributed by atoms with Gasteiger partial charge in [0.1, 0.15) is 5.82 Å². The molecule has 0 aromatic heterocycles. The summed E-state index contributed by atoms with van der Waals surface area (Å²) in [5, 5.41) is 9.30. The highest BCUT2D eigenvalue weighted by molar-refractivity contribution is 5.91. The highest BCUT2D eigenvalue weighted by atomic mass is 19.1. The van der Waals surface area contributed by atoms with E-state index in [9.17, 15) is 14.3 Å². The smallest absolute Gasteiger partial charge is 0.246 e. The molecule has 0 spiro atoms. The van der Waals surface area contributed by atoms with Crippen molar-refractivity contribution in [2.24, 2.45) is 0 Å². The molecule has 1 amide bonds. The second-order valence-corrected chi connectivity index (χ2v) is 4.11. The lowest BCUT2D eigenvalue weighted by molar-refractivity contribution is -0.125. The van der Waals surface area contributed by atoms with Crippen LogP contribution in [0.4, 0.5) is 4.39 Å². The van der Waals surface area contributed by atoms with E-state index in [0.29, 0.717) is 19.5 Å². The van der Waals surface area contributed by atoms with E-state index in [4.69, 9.17) is 0 Å². The van der Waals surface area contributed by atoms with Crippen LogP contribution in [-0.2, 0) is 4.79 Å². The van der Waals surface area contributed by atoms with Crippen molar-refractivity contribution in [1.29, 1.82) is 0 Å². The number of hydrogen-bond donors (Lipinski definition) is 1. The molecule has 1 aliphatic rings. The van der Waals surface area contributed by atoms with E-state index in [1.165, 1.54) is 18.2 Å². The van der Waals surface area contributed by atoms with Crippen LogP contribution in [0.2, 0.25) is 0 Å². The van der Waals surface area contributed by atoms with Gasteiger partial charge >= 0.3 is 0 Å². The Hall–Kier alpha value is -1.68. The van der Waals surface area contributed by atoms with E-state index in [0.717, 1.165) is 5.56 Å². The van der Waals surface area contributed by atoms with Gasteiger partial charge in [0.05, 0.1) is 6.10 Å². The first-order valence-electron chi connectivity index (χ1n) is 5.56.